The van der Waals surface area contributed by atoms with E-state index in [1.54, 1.807) is 29.9 Å². The molecule has 1 saturated heterocycles. The van der Waals surface area contributed by atoms with Crippen LogP contribution in [0.2, 0.25) is 0 Å². The molecule has 10 nitrogen and oxygen atoms in total. The lowest BCUT2D eigenvalue weighted by Gasteiger charge is -2.21. The molecule has 3 aromatic heterocycles. The van der Waals surface area contributed by atoms with Crippen LogP contribution in [0.5, 0.6) is 0 Å². The second-order valence-corrected chi connectivity index (χ2v) is 7.45. The van der Waals surface area contributed by atoms with Gasteiger partial charge >= 0.3 is 5.76 Å². The second-order valence-electron chi connectivity index (χ2n) is 6.56. The van der Waals surface area contributed by atoms with Crippen molar-refractivity contribution in [3.63, 3.8) is 0 Å². The molecule has 1 unspecified atom stereocenters. The zero-order valence-electron chi connectivity index (χ0n) is 14.8. The number of piperidine rings is 1. The van der Waals surface area contributed by atoms with Gasteiger partial charge in [-0.15, -0.1) is 11.3 Å². The first-order valence-electron chi connectivity index (χ1n) is 8.77. The average molecular weight is 411 g/mol. The highest BCUT2D eigenvalue weighted by Gasteiger charge is 2.31. The Hall–Kier alpha value is -3.60. The number of nitrogens with zero attached hydrogens (tertiary/aromatic N) is 4. The minimum absolute atomic E-state index is 0.164. The quantitative estimate of drug-likeness (QED) is 0.501. The summed E-state index contributed by atoms with van der Waals surface area (Å²) in [5.41, 5.74) is 3.33. The van der Waals surface area contributed by atoms with Crippen LogP contribution in [-0.4, -0.2) is 31.5 Å². The Bertz CT molecular complexity index is 1290. The van der Waals surface area contributed by atoms with Crippen molar-refractivity contribution in [2.45, 2.75) is 25.3 Å². The molecular formula is C18H13N5O5S. The van der Waals surface area contributed by atoms with Crippen LogP contribution in [0.25, 0.3) is 21.8 Å². The number of fused-ring (bicyclic) bond motifs is 1. The SMILES string of the molecule is O=C1CCC(n2c(=O)oc3ccc(Cc4nc(-c5cncs5)no4)cc32)C(=O)N1. The molecule has 4 aromatic rings. The predicted molar refractivity (Wildman–Crippen MR) is 100 cm³/mol. The van der Waals surface area contributed by atoms with Gasteiger partial charge in [0.1, 0.15) is 6.04 Å². The van der Waals surface area contributed by atoms with Gasteiger partial charge in [-0.2, -0.15) is 4.98 Å². The lowest BCUT2D eigenvalue weighted by molar-refractivity contribution is -0.135. The van der Waals surface area contributed by atoms with E-state index in [4.69, 9.17) is 8.94 Å². The van der Waals surface area contributed by atoms with Crippen LogP contribution >= 0.6 is 11.3 Å². The van der Waals surface area contributed by atoms with Crippen LogP contribution in [0.4, 0.5) is 0 Å². The second kappa shape index (κ2) is 6.78. The van der Waals surface area contributed by atoms with Gasteiger partial charge in [0.25, 0.3) is 0 Å². The van der Waals surface area contributed by atoms with Gasteiger partial charge in [-0.25, -0.2) is 4.79 Å². The normalized spacial score (nSPS) is 17.0. The van der Waals surface area contributed by atoms with Crippen LogP contribution in [0, 0.1) is 0 Å². The Balaban J connectivity index is 1.48. The summed E-state index contributed by atoms with van der Waals surface area (Å²) in [6, 6.07) is 4.41. The van der Waals surface area contributed by atoms with Crippen molar-refractivity contribution in [3.8, 4) is 10.7 Å². The van der Waals surface area contributed by atoms with E-state index in [0.29, 0.717) is 29.2 Å². The number of imide groups is 1. The Morgan fingerprint density at radius 3 is 2.97 bits per heavy atom. The molecule has 2 amide bonds. The molecule has 1 aromatic carbocycles. The Labute approximate surface area is 166 Å². The third-order valence-corrected chi connectivity index (χ3v) is 5.44. The smallest absolute Gasteiger partial charge is 0.408 e. The number of oxazole rings is 1. The van der Waals surface area contributed by atoms with E-state index in [2.05, 4.69) is 20.4 Å². The van der Waals surface area contributed by atoms with Crippen molar-refractivity contribution >= 4 is 34.3 Å². The van der Waals surface area contributed by atoms with E-state index in [1.807, 2.05) is 0 Å². The fourth-order valence-corrected chi connectivity index (χ4v) is 3.89. The molecule has 1 aliphatic rings. The summed E-state index contributed by atoms with van der Waals surface area (Å²) >= 11 is 1.41. The summed E-state index contributed by atoms with van der Waals surface area (Å²) in [7, 11) is 0. The van der Waals surface area contributed by atoms with Gasteiger partial charge in [0.15, 0.2) is 5.58 Å². The molecule has 0 bridgehead atoms. The molecular weight excluding hydrogens is 398 g/mol. The highest BCUT2D eigenvalue weighted by Crippen LogP contribution is 2.25. The summed E-state index contributed by atoms with van der Waals surface area (Å²) in [6.45, 7) is 0. The molecule has 0 saturated carbocycles. The lowest BCUT2D eigenvalue weighted by atomic mass is 10.1. The summed E-state index contributed by atoms with van der Waals surface area (Å²) in [4.78, 5) is 45.1. The Morgan fingerprint density at radius 1 is 1.28 bits per heavy atom. The van der Waals surface area contributed by atoms with Crippen LogP contribution in [0.3, 0.4) is 0 Å². The molecule has 146 valence electrons. The number of rotatable bonds is 4. The van der Waals surface area contributed by atoms with E-state index < -0.39 is 17.7 Å². The van der Waals surface area contributed by atoms with E-state index in [1.165, 1.54) is 15.9 Å². The number of carbonyl (C=O) groups excluding carboxylic acids is 2. The molecule has 0 aliphatic carbocycles. The number of benzene rings is 1. The van der Waals surface area contributed by atoms with Gasteiger partial charge in [0.05, 0.1) is 22.3 Å². The largest absolute Gasteiger partial charge is 0.420 e. The van der Waals surface area contributed by atoms with Crippen molar-refractivity contribution in [2.75, 3.05) is 0 Å². The van der Waals surface area contributed by atoms with Crippen molar-refractivity contribution in [1.29, 1.82) is 0 Å². The number of thiazole rings is 1. The summed E-state index contributed by atoms with van der Waals surface area (Å²) < 4.78 is 11.9. The number of aromatic nitrogens is 4. The predicted octanol–water partition coefficient (Wildman–Crippen LogP) is 1.67. The molecule has 1 atom stereocenters. The van der Waals surface area contributed by atoms with Crippen LogP contribution in [0.15, 0.2) is 43.6 Å². The third kappa shape index (κ3) is 3.14. The maximum Gasteiger partial charge on any atom is 0.420 e. The fourth-order valence-electron chi connectivity index (χ4n) is 3.34. The summed E-state index contributed by atoms with van der Waals surface area (Å²) in [5, 5.41) is 6.22. The first kappa shape index (κ1) is 17.5. The molecule has 1 aliphatic heterocycles. The highest BCUT2D eigenvalue weighted by molar-refractivity contribution is 7.13. The van der Waals surface area contributed by atoms with Gasteiger partial charge in [0, 0.05) is 12.6 Å². The van der Waals surface area contributed by atoms with E-state index in [9.17, 15) is 14.4 Å². The van der Waals surface area contributed by atoms with Gasteiger partial charge < -0.3 is 8.94 Å². The number of nitrogens with one attached hydrogen (secondary N) is 1. The van der Waals surface area contributed by atoms with Crippen molar-refractivity contribution in [3.05, 3.63) is 51.9 Å². The zero-order chi connectivity index (χ0) is 20.0. The van der Waals surface area contributed by atoms with Crippen molar-refractivity contribution < 1.29 is 18.5 Å². The Kier molecular flexibility index (Phi) is 4.09. The maximum atomic E-state index is 12.4. The first-order valence-corrected chi connectivity index (χ1v) is 9.65. The van der Waals surface area contributed by atoms with Gasteiger partial charge in [0.2, 0.25) is 23.5 Å². The molecule has 1 fully saturated rings. The topological polar surface area (TPSA) is 133 Å². The number of hydrogen-bond acceptors (Lipinski definition) is 9. The van der Waals surface area contributed by atoms with Crippen LogP contribution in [-0.2, 0) is 16.0 Å². The van der Waals surface area contributed by atoms with Gasteiger partial charge in [-0.1, -0.05) is 11.2 Å². The molecule has 1 N–H and O–H groups in total. The van der Waals surface area contributed by atoms with Crippen molar-refractivity contribution in [2.24, 2.45) is 0 Å². The Morgan fingerprint density at radius 2 is 2.17 bits per heavy atom. The fraction of sp³-hybridized carbons (Fsp3) is 0.222. The van der Waals surface area contributed by atoms with E-state index in [0.717, 1.165) is 10.4 Å². The summed E-state index contributed by atoms with van der Waals surface area (Å²) in [5.74, 6) is -0.626. The molecule has 5 rings (SSSR count). The summed E-state index contributed by atoms with van der Waals surface area (Å²) in [6.07, 6.45) is 2.41. The third-order valence-electron chi connectivity index (χ3n) is 4.67. The molecule has 0 spiro atoms. The minimum atomic E-state index is -0.793. The van der Waals surface area contributed by atoms with Gasteiger partial charge in [-0.05, 0) is 24.1 Å². The van der Waals surface area contributed by atoms with Gasteiger partial charge in [-0.3, -0.25) is 24.5 Å². The number of hydrogen-bond donors (Lipinski definition) is 1. The van der Waals surface area contributed by atoms with Crippen LogP contribution in [0.1, 0.15) is 30.3 Å². The standard InChI is InChI=1S/C18H13N5O5S/c24-14-4-2-10(17(25)20-14)23-11-5-9(1-3-12(11)27-18(23)26)6-15-21-16(22-28-15)13-7-19-8-29-13/h1,3,5,7-8,10H,2,4,6H2,(H,20,24,25). The molecule has 29 heavy (non-hydrogen) atoms. The lowest BCUT2D eigenvalue weighted by Crippen LogP contribution is -2.43. The minimum Gasteiger partial charge on any atom is -0.408 e. The monoisotopic (exact) mass is 411 g/mol. The average Bonchev–Trinajstić information content (AvgIpc) is 3.42. The zero-order valence-corrected chi connectivity index (χ0v) is 15.6. The number of carbonyl (C=O) groups is 2. The molecule has 0 radical (unpaired) electrons. The van der Waals surface area contributed by atoms with E-state index >= 15 is 0 Å². The van der Waals surface area contributed by atoms with Crippen molar-refractivity contribution in [1.82, 2.24) is 25.0 Å². The maximum absolute atomic E-state index is 12.4. The molecule has 4 heterocycles. The number of amides is 2. The van der Waals surface area contributed by atoms with Crippen LogP contribution < -0.4 is 11.1 Å². The first-order chi connectivity index (χ1) is 14.1. The van der Waals surface area contributed by atoms with E-state index in [-0.39, 0.29) is 18.7 Å². The highest BCUT2D eigenvalue weighted by atomic mass is 32.1. The molecule has 11 heteroatoms.